The van der Waals surface area contributed by atoms with E-state index in [0.29, 0.717) is 23.4 Å². The van der Waals surface area contributed by atoms with Gasteiger partial charge in [-0.2, -0.15) is 0 Å². The molecule has 0 N–H and O–H groups in total. The van der Waals surface area contributed by atoms with Crippen LogP contribution in [0.4, 0.5) is 10.1 Å². The first-order valence-corrected chi connectivity index (χ1v) is 8.08. The van der Waals surface area contributed by atoms with Crippen molar-refractivity contribution in [2.75, 3.05) is 11.4 Å². The number of hydrogen-bond donors (Lipinski definition) is 0. The summed E-state index contributed by atoms with van der Waals surface area (Å²) in [6.45, 7) is -0.0611. The molecule has 1 aromatic heterocycles. The monoisotopic (exact) mass is 367 g/mol. The molecule has 2 aromatic rings. The van der Waals surface area contributed by atoms with Gasteiger partial charge in [0.15, 0.2) is 5.78 Å². The molecule has 1 aliphatic rings. The molecule has 0 unspecified atom stereocenters. The maximum Gasteiger partial charge on any atom is 0.227 e. The normalized spacial score (nSPS) is 14.2. The second kappa shape index (κ2) is 5.69. The number of amides is 1. The third-order valence-electron chi connectivity index (χ3n) is 3.42. The Morgan fingerprint density at radius 3 is 2.86 bits per heavy atom. The fraction of sp³-hybridized carbons (Fsp3) is 0.200. The van der Waals surface area contributed by atoms with Crippen LogP contribution >= 0.6 is 27.3 Å². The molecule has 0 atom stereocenters. The Bertz CT molecular complexity index is 728. The number of Topliss-reactive ketones (excluding diaryl/α,β-unsaturated/α-hetero) is 1. The van der Waals surface area contributed by atoms with E-state index in [0.717, 1.165) is 10.0 Å². The van der Waals surface area contributed by atoms with Gasteiger partial charge in [0, 0.05) is 10.9 Å². The van der Waals surface area contributed by atoms with Crippen LogP contribution in [0, 0.1) is 5.82 Å². The minimum atomic E-state index is -0.404. The lowest BCUT2D eigenvalue weighted by atomic mass is 10.0. The third-order valence-corrected chi connectivity index (χ3v) is 5.30. The van der Waals surface area contributed by atoms with E-state index in [4.69, 9.17) is 0 Å². The molecule has 1 aliphatic heterocycles. The predicted molar refractivity (Wildman–Crippen MR) is 83.4 cm³/mol. The Hall–Kier alpha value is -1.53. The van der Waals surface area contributed by atoms with Crippen LogP contribution in [-0.4, -0.2) is 18.2 Å². The average Bonchev–Trinajstić information content (AvgIpc) is 2.88. The summed E-state index contributed by atoms with van der Waals surface area (Å²) in [5, 5.41) is 1.81. The van der Waals surface area contributed by atoms with Crippen molar-refractivity contribution >= 4 is 44.6 Å². The Morgan fingerprint density at radius 1 is 1.33 bits per heavy atom. The summed E-state index contributed by atoms with van der Waals surface area (Å²) in [4.78, 5) is 26.4. The molecule has 0 spiro atoms. The van der Waals surface area contributed by atoms with Gasteiger partial charge in [-0.25, -0.2) is 4.39 Å². The molecular weight excluding hydrogens is 357 g/mol. The van der Waals surface area contributed by atoms with Crippen molar-refractivity contribution in [1.29, 1.82) is 0 Å². The summed E-state index contributed by atoms with van der Waals surface area (Å²) >= 11 is 4.64. The van der Waals surface area contributed by atoms with E-state index in [1.54, 1.807) is 12.1 Å². The van der Waals surface area contributed by atoms with E-state index in [1.807, 2.05) is 5.38 Å². The van der Waals surface area contributed by atoms with Crippen molar-refractivity contribution in [3.63, 3.8) is 0 Å². The maximum absolute atomic E-state index is 13.4. The number of aryl methyl sites for hydroxylation is 1. The number of anilines is 1. The molecular formula is C15H11BrFNO2S. The SMILES string of the molecule is O=C(CN1C(=O)CCc2ccc(F)cc21)c1sccc1Br. The summed E-state index contributed by atoms with van der Waals surface area (Å²) in [7, 11) is 0. The van der Waals surface area contributed by atoms with E-state index in [-0.39, 0.29) is 18.2 Å². The van der Waals surface area contributed by atoms with Crippen molar-refractivity contribution in [3.8, 4) is 0 Å². The van der Waals surface area contributed by atoms with Gasteiger partial charge in [-0.05, 0) is 51.5 Å². The fourth-order valence-corrected chi connectivity index (χ4v) is 3.92. The molecule has 3 nitrogen and oxygen atoms in total. The number of carbonyl (C=O) groups is 2. The summed E-state index contributed by atoms with van der Waals surface area (Å²) in [6, 6.07) is 6.17. The Labute approximate surface area is 133 Å². The molecule has 108 valence electrons. The van der Waals surface area contributed by atoms with E-state index in [2.05, 4.69) is 15.9 Å². The van der Waals surface area contributed by atoms with E-state index in [9.17, 15) is 14.0 Å². The van der Waals surface area contributed by atoms with Crippen LogP contribution < -0.4 is 4.90 Å². The van der Waals surface area contributed by atoms with Crippen LogP contribution in [0.5, 0.6) is 0 Å². The minimum Gasteiger partial charge on any atom is -0.304 e. The lowest BCUT2D eigenvalue weighted by Crippen LogP contribution is -2.39. The van der Waals surface area contributed by atoms with Crippen LogP contribution in [0.1, 0.15) is 21.7 Å². The highest BCUT2D eigenvalue weighted by molar-refractivity contribution is 9.10. The Morgan fingerprint density at radius 2 is 2.14 bits per heavy atom. The predicted octanol–water partition coefficient (Wildman–Crippen LogP) is 3.81. The van der Waals surface area contributed by atoms with Gasteiger partial charge in [0.25, 0.3) is 0 Å². The van der Waals surface area contributed by atoms with Gasteiger partial charge >= 0.3 is 0 Å². The van der Waals surface area contributed by atoms with Crippen LogP contribution in [0.25, 0.3) is 0 Å². The number of halogens is 2. The van der Waals surface area contributed by atoms with Crippen LogP contribution in [-0.2, 0) is 11.2 Å². The van der Waals surface area contributed by atoms with E-state index < -0.39 is 5.82 Å². The molecule has 0 bridgehead atoms. The molecule has 0 saturated carbocycles. The van der Waals surface area contributed by atoms with Crippen molar-refractivity contribution in [3.05, 3.63) is 50.4 Å². The summed E-state index contributed by atoms with van der Waals surface area (Å²) < 4.78 is 14.2. The minimum absolute atomic E-state index is 0.0611. The maximum atomic E-state index is 13.4. The molecule has 0 saturated heterocycles. The molecule has 2 heterocycles. The number of hydrogen-bond acceptors (Lipinski definition) is 3. The highest BCUT2D eigenvalue weighted by atomic mass is 79.9. The number of thiophene rings is 1. The summed E-state index contributed by atoms with van der Waals surface area (Å²) in [5.41, 5.74) is 1.40. The molecule has 1 amide bonds. The zero-order valence-electron chi connectivity index (χ0n) is 10.9. The quantitative estimate of drug-likeness (QED) is 0.773. The lowest BCUT2D eigenvalue weighted by Gasteiger charge is -2.28. The molecule has 1 aromatic carbocycles. The first-order chi connectivity index (χ1) is 10.1. The van der Waals surface area contributed by atoms with Gasteiger partial charge in [0.2, 0.25) is 5.91 Å². The van der Waals surface area contributed by atoms with Gasteiger partial charge in [-0.15, -0.1) is 11.3 Å². The highest BCUT2D eigenvalue weighted by Crippen LogP contribution is 2.30. The summed E-state index contributed by atoms with van der Waals surface area (Å²) in [6.07, 6.45) is 0.930. The number of fused-ring (bicyclic) bond motifs is 1. The van der Waals surface area contributed by atoms with Crippen LogP contribution in [0.15, 0.2) is 34.1 Å². The number of rotatable bonds is 3. The van der Waals surface area contributed by atoms with Gasteiger partial charge in [0.1, 0.15) is 5.82 Å². The van der Waals surface area contributed by atoms with Gasteiger partial charge in [-0.1, -0.05) is 6.07 Å². The Kier molecular flexibility index (Phi) is 3.91. The van der Waals surface area contributed by atoms with Crippen molar-refractivity contribution < 1.29 is 14.0 Å². The molecule has 21 heavy (non-hydrogen) atoms. The molecule has 6 heteroatoms. The van der Waals surface area contributed by atoms with Crippen molar-refractivity contribution in [1.82, 2.24) is 0 Å². The average molecular weight is 368 g/mol. The second-order valence-corrected chi connectivity index (χ2v) is 6.54. The van der Waals surface area contributed by atoms with Crippen molar-refractivity contribution in [2.24, 2.45) is 0 Å². The van der Waals surface area contributed by atoms with E-state index in [1.165, 1.54) is 28.4 Å². The highest BCUT2D eigenvalue weighted by Gasteiger charge is 2.27. The standard InChI is InChI=1S/C15H11BrFNO2S/c16-11-5-6-21-15(11)13(19)8-18-12-7-10(17)3-1-9(12)2-4-14(18)20/h1,3,5-7H,2,4,8H2. The zero-order chi connectivity index (χ0) is 15.0. The third kappa shape index (κ3) is 2.78. The first-order valence-electron chi connectivity index (χ1n) is 6.41. The fourth-order valence-electron chi connectivity index (χ4n) is 2.39. The number of benzene rings is 1. The van der Waals surface area contributed by atoms with Gasteiger partial charge in [0.05, 0.1) is 17.1 Å². The van der Waals surface area contributed by atoms with Crippen molar-refractivity contribution in [2.45, 2.75) is 12.8 Å². The van der Waals surface area contributed by atoms with Gasteiger partial charge in [-0.3, -0.25) is 9.59 Å². The smallest absolute Gasteiger partial charge is 0.227 e. The molecule has 3 rings (SSSR count). The molecule has 0 radical (unpaired) electrons. The largest absolute Gasteiger partial charge is 0.304 e. The first kappa shape index (κ1) is 14.4. The Balaban J connectivity index is 1.92. The number of nitrogens with zero attached hydrogens (tertiary/aromatic N) is 1. The van der Waals surface area contributed by atoms with E-state index >= 15 is 0 Å². The van der Waals surface area contributed by atoms with Gasteiger partial charge < -0.3 is 4.90 Å². The topological polar surface area (TPSA) is 37.4 Å². The van der Waals surface area contributed by atoms with Crippen LogP contribution in [0.2, 0.25) is 0 Å². The summed E-state index contributed by atoms with van der Waals surface area (Å²) in [5.74, 6) is -0.699. The molecule has 0 aliphatic carbocycles. The lowest BCUT2D eigenvalue weighted by molar-refractivity contribution is -0.118. The van der Waals surface area contributed by atoms with Crippen LogP contribution in [0.3, 0.4) is 0 Å². The number of carbonyl (C=O) groups excluding carboxylic acids is 2. The molecule has 0 fully saturated rings. The second-order valence-electron chi connectivity index (χ2n) is 4.77. The zero-order valence-corrected chi connectivity index (χ0v) is 13.3. The number of ketones is 1.